The Balaban J connectivity index is 1.33. The van der Waals surface area contributed by atoms with Crippen molar-refractivity contribution in [3.8, 4) is 0 Å². The van der Waals surface area contributed by atoms with E-state index in [1.54, 1.807) is 0 Å². The minimum atomic E-state index is -4.16. The van der Waals surface area contributed by atoms with Gasteiger partial charge in [-0.15, -0.1) is 0 Å². The zero-order chi connectivity index (χ0) is 27.0. The summed E-state index contributed by atoms with van der Waals surface area (Å²) in [6, 6.07) is 6.40. The maximum Gasteiger partial charge on any atom is 0.391 e. The maximum absolute atomic E-state index is 13.5. The minimum absolute atomic E-state index is 0.0747. The number of hydrogen-bond donors (Lipinski definition) is 1. The third kappa shape index (κ3) is 6.40. The first kappa shape index (κ1) is 28.1. The average Bonchev–Trinajstić information content (AvgIpc) is 3.13. The lowest BCUT2D eigenvalue weighted by atomic mass is 9.81. The number of nitrogens with one attached hydrogen (secondary N) is 1. The average molecular weight is 541 g/mol. The molecule has 37 heavy (non-hydrogen) atoms. The number of rotatable bonds is 7. The van der Waals surface area contributed by atoms with Crippen molar-refractivity contribution in [2.45, 2.75) is 70.1 Å². The van der Waals surface area contributed by atoms with Crippen molar-refractivity contribution in [2.24, 2.45) is 16.8 Å². The summed E-state index contributed by atoms with van der Waals surface area (Å²) in [5.74, 6) is 3.48. The number of aliphatic imine (C=N–C) groups is 1. The molecule has 1 N–H and O–H groups in total. The lowest BCUT2D eigenvalue weighted by Crippen LogP contribution is -2.51. The molecule has 3 aliphatic rings. The third-order valence-corrected chi connectivity index (χ3v) is 10.3. The van der Waals surface area contributed by atoms with E-state index in [4.69, 9.17) is 4.99 Å². The van der Waals surface area contributed by atoms with E-state index < -0.39 is 27.3 Å². The molecular formula is C27H39F3N4O2S. The summed E-state index contributed by atoms with van der Waals surface area (Å²) in [7, 11) is 1.56. The first-order valence-corrected chi connectivity index (χ1v) is 15.0. The summed E-state index contributed by atoms with van der Waals surface area (Å²) in [6.07, 6.45) is -1.70. The van der Waals surface area contributed by atoms with Crippen molar-refractivity contribution < 1.29 is 22.2 Å². The fraction of sp³-hybridized carbons (Fsp3) is 0.667. The smallest absolute Gasteiger partial charge is 0.312 e. The second kappa shape index (κ2) is 10.7. The lowest BCUT2D eigenvalue weighted by molar-refractivity contribution is -0.182. The Labute approximate surface area is 218 Å². The number of nitrogens with zero attached hydrogens (tertiary/aromatic N) is 3. The van der Waals surface area contributed by atoms with E-state index in [0.29, 0.717) is 56.8 Å². The monoisotopic (exact) mass is 540 g/mol. The van der Waals surface area contributed by atoms with Crippen LogP contribution >= 0.6 is 0 Å². The number of amides is 1. The highest BCUT2D eigenvalue weighted by Gasteiger charge is 2.49. The molecular weight excluding hydrogens is 501 g/mol. The van der Waals surface area contributed by atoms with Gasteiger partial charge in [-0.25, -0.2) is 4.31 Å². The van der Waals surface area contributed by atoms with E-state index in [9.17, 15) is 22.2 Å². The van der Waals surface area contributed by atoms with Gasteiger partial charge in [0.25, 0.3) is 5.91 Å². The van der Waals surface area contributed by atoms with Crippen LogP contribution in [0.15, 0.2) is 23.2 Å². The van der Waals surface area contributed by atoms with Gasteiger partial charge < -0.3 is 10.2 Å². The predicted octanol–water partition coefficient (Wildman–Crippen LogP) is 3.96. The first-order chi connectivity index (χ1) is 17.3. The third-order valence-electron chi connectivity index (χ3n) is 8.19. The van der Waals surface area contributed by atoms with E-state index in [0.717, 1.165) is 12.1 Å². The molecule has 1 saturated carbocycles. The van der Waals surface area contributed by atoms with Crippen molar-refractivity contribution in [3.05, 3.63) is 34.9 Å². The SMILES string of the molecule is C=S(=O)(CCc1ccc(CN(C)C)cc1C)N1CCC2(CC1)N=C(C1CCC(C(F)(F)F)CC1)NC2=O. The van der Waals surface area contributed by atoms with E-state index in [1.807, 2.05) is 18.4 Å². The maximum atomic E-state index is 13.5. The number of alkyl halides is 3. The van der Waals surface area contributed by atoms with Gasteiger partial charge in [0.1, 0.15) is 11.4 Å². The van der Waals surface area contributed by atoms with Crippen LogP contribution in [0.5, 0.6) is 0 Å². The Kier molecular flexibility index (Phi) is 8.12. The molecule has 1 aliphatic carbocycles. The Morgan fingerprint density at radius 2 is 1.84 bits per heavy atom. The fourth-order valence-electron chi connectivity index (χ4n) is 5.86. The number of hydrogen-bond acceptors (Lipinski definition) is 4. The van der Waals surface area contributed by atoms with Gasteiger partial charge in [-0.1, -0.05) is 18.2 Å². The zero-order valence-corrected chi connectivity index (χ0v) is 22.9. The van der Waals surface area contributed by atoms with Gasteiger partial charge in [-0.3, -0.25) is 14.0 Å². The molecule has 0 bridgehead atoms. The Morgan fingerprint density at radius 1 is 1.19 bits per heavy atom. The van der Waals surface area contributed by atoms with Gasteiger partial charge in [0, 0.05) is 41.0 Å². The molecule has 2 aliphatic heterocycles. The van der Waals surface area contributed by atoms with Crippen LogP contribution in [0.25, 0.3) is 0 Å². The normalized spacial score (nSPS) is 26.2. The highest BCUT2D eigenvalue weighted by atomic mass is 32.2. The molecule has 6 nitrogen and oxygen atoms in total. The number of amidine groups is 1. The van der Waals surface area contributed by atoms with Gasteiger partial charge in [0.15, 0.2) is 0 Å². The largest absolute Gasteiger partial charge is 0.391 e. The van der Waals surface area contributed by atoms with Gasteiger partial charge in [0.05, 0.1) is 5.92 Å². The molecule has 1 spiro atoms. The summed E-state index contributed by atoms with van der Waals surface area (Å²) in [5, 5.41) is 2.88. The molecule has 10 heteroatoms. The molecule has 206 valence electrons. The summed E-state index contributed by atoms with van der Waals surface area (Å²) < 4.78 is 54.5. The topological polar surface area (TPSA) is 65.0 Å². The summed E-state index contributed by atoms with van der Waals surface area (Å²) in [5.41, 5.74) is 2.69. The minimum Gasteiger partial charge on any atom is -0.312 e. The summed E-state index contributed by atoms with van der Waals surface area (Å²) in [4.78, 5) is 19.8. The summed E-state index contributed by atoms with van der Waals surface area (Å²) in [6.45, 7) is 3.85. The number of carbonyl (C=O) groups is 1. The first-order valence-electron chi connectivity index (χ1n) is 13.1. The Hall–Kier alpha value is -1.91. The van der Waals surface area contributed by atoms with E-state index in [1.165, 1.54) is 11.1 Å². The standard InChI is InChI=1S/C27H39F3N4O2S/c1-19-17-20(18-33(2)3)5-6-21(19)11-16-37(4,36)34-14-12-26(13-15-34)25(35)31-24(32-26)22-7-9-23(10-8-22)27(28,29)30/h5-6,17,22-23H,4,7-16,18H2,1-3H3,(H,31,32,35). The molecule has 4 rings (SSSR count). The van der Waals surface area contributed by atoms with Crippen LogP contribution in [0, 0.1) is 18.8 Å². The van der Waals surface area contributed by atoms with Gasteiger partial charge in [0.2, 0.25) is 0 Å². The Morgan fingerprint density at radius 3 is 2.41 bits per heavy atom. The molecule has 2 heterocycles. The molecule has 1 aromatic rings. The van der Waals surface area contributed by atoms with Crippen molar-refractivity contribution in [1.82, 2.24) is 14.5 Å². The summed E-state index contributed by atoms with van der Waals surface area (Å²) >= 11 is 0. The highest BCUT2D eigenvalue weighted by Crippen LogP contribution is 2.41. The molecule has 1 atom stereocenters. The van der Waals surface area contributed by atoms with Crippen LogP contribution in [-0.2, 0) is 27.5 Å². The molecule has 2 fully saturated rings. The van der Waals surface area contributed by atoms with Crippen LogP contribution in [0.3, 0.4) is 0 Å². The number of aryl methyl sites for hydroxylation is 2. The molecule has 1 unspecified atom stereocenters. The molecule has 0 aromatic heterocycles. The predicted molar refractivity (Wildman–Crippen MR) is 143 cm³/mol. The van der Waals surface area contributed by atoms with Gasteiger partial charge in [-0.2, -0.15) is 13.2 Å². The van der Waals surface area contributed by atoms with E-state index >= 15 is 0 Å². The lowest BCUT2D eigenvalue weighted by Gasteiger charge is -2.37. The van der Waals surface area contributed by atoms with Crippen molar-refractivity contribution >= 4 is 27.3 Å². The molecule has 1 aromatic carbocycles. The number of halogens is 3. The van der Waals surface area contributed by atoms with Crippen LogP contribution in [0.2, 0.25) is 0 Å². The molecule has 1 saturated heterocycles. The van der Waals surface area contributed by atoms with Crippen LogP contribution in [0.1, 0.15) is 55.2 Å². The number of benzene rings is 1. The molecule has 0 radical (unpaired) electrons. The number of carbonyl (C=O) groups excluding carboxylic acids is 1. The van der Waals surface area contributed by atoms with Crippen molar-refractivity contribution in [3.63, 3.8) is 0 Å². The quantitative estimate of drug-likeness (QED) is 0.533. The van der Waals surface area contributed by atoms with Crippen LogP contribution < -0.4 is 5.32 Å². The number of piperidine rings is 1. The Bertz CT molecular complexity index is 1130. The van der Waals surface area contributed by atoms with Crippen molar-refractivity contribution in [2.75, 3.05) is 32.9 Å². The fourth-order valence-corrected chi connectivity index (χ4v) is 7.50. The van der Waals surface area contributed by atoms with Crippen molar-refractivity contribution in [1.29, 1.82) is 0 Å². The zero-order valence-electron chi connectivity index (χ0n) is 22.1. The second-order valence-electron chi connectivity index (χ2n) is 11.2. The van der Waals surface area contributed by atoms with E-state index in [2.05, 4.69) is 41.2 Å². The molecule has 1 amide bonds. The van der Waals surface area contributed by atoms with Crippen LogP contribution in [0.4, 0.5) is 13.2 Å². The van der Waals surface area contributed by atoms with Gasteiger partial charge in [-0.05, 0) is 88.5 Å². The van der Waals surface area contributed by atoms with Gasteiger partial charge >= 0.3 is 6.18 Å². The van der Waals surface area contributed by atoms with Crippen LogP contribution in [-0.4, -0.2) is 75.7 Å². The second-order valence-corrected chi connectivity index (χ2v) is 13.7. The van der Waals surface area contributed by atoms with E-state index in [-0.39, 0.29) is 24.7 Å². The highest BCUT2D eigenvalue weighted by molar-refractivity contribution is 7.98.